The molecule has 2 aromatic rings. The van der Waals surface area contributed by atoms with E-state index in [9.17, 15) is 4.79 Å². The summed E-state index contributed by atoms with van der Waals surface area (Å²) < 4.78 is 1.67. The van der Waals surface area contributed by atoms with Gasteiger partial charge in [0.25, 0.3) is 0 Å². The number of hydrogen-bond donors (Lipinski definition) is 0. The molecule has 1 aromatic carbocycles. The van der Waals surface area contributed by atoms with Gasteiger partial charge in [-0.15, -0.1) is 0 Å². The smallest absolute Gasteiger partial charge is 0.187 e. The zero-order valence-electron chi connectivity index (χ0n) is 9.72. The molecule has 3 nitrogen and oxygen atoms in total. The van der Waals surface area contributed by atoms with Crippen molar-refractivity contribution < 1.29 is 4.79 Å². The van der Waals surface area contributed by atoms with E-state index in [0.29, 0.717) is 10.6 Å². The van der Waals surface area contributed by atoms with Crippen LogP contribution in [-0.2, 0) is 0 Å². The average molecular weight is 249 g/mol. The van der Waals surface area contributed by atoms with Crippen LogP contribution in [0.2, 0.25) is 5.02 Å². The molecule has 0 aliphatic carbocycles. The van der Waals surface area contributed by atoms with Crippen molar-refractivity contribution in [3.8, 4) is 0 Å². The van der Waals surface area contributed by atoms with Crippen molar-refractivity contribution in [1.82, 2.24) is 9.78 Å². The molecule has 1 unspecified atom stereocenters. The number of aromatic nitrogens is 2. The highest BCUT2D eigenvalue weighted by Crippen LogP contribution is 2.16. The molecular weight excluding hydrogens is 236 g/mol. The van der Waals surface area contributed by atoms with Crippen LogP contribution in [0.25, 0.3) is 0 Å². The quantitative estimate of drug-likeness (QED) is 0.782. The lowest BCUT2D eigenvalue weighted by atomic mass is 10.1. The standard InChI is InChI=1S/C13H13ClN2O/c1-9-7-8-16(15-9)10(2)13(17)11-3-5-12(14)6-4-11/h3-8,10H,1-2H3. The van der Waals surface area contributed by atoms with Crippen LogP contribution in [0.15, 0.2) is 36.5 Å². The highest BCUT2D eigenvalue weighted by molar-refractivity contribution is 6.30. The number of carbonyl (C=O) groups is 1. The van der Waals surface area contributed by atoms with Gasteiger partial charge in [0.2, 0.25) is 0 Å². The molecule has 0 amide bonds. The number of ketones is 1. The lowest BCUT2D eigenvalue weighted by Crippen LogP contribution is -2.17. The molecule has 2 rings (SSSR count). The molecule has 88 valence electrons. The maximum Gasteiger partial charge on any atom is 0.187 e. The first-order valence-corrected chi connectivity index (χ1v) is 5.77. The van der Waals surface area contributed by atoms with Crippen molar-refractivity contribution in [3.63, 3.8) is 0 Å². The molecule has 1 atom stereocenters. The molecule has 0 N–H and O–H groups in total. The van der Waals surface area contributed by atoms with E-state index in [-0.39, 0.29) is 11.8 Å². The van der Waals surface area contributed by atoms with Gasteiger partial charge < -0.3 is 0 Å². The Morgan fingerprint density at radius 3 is 2.47 bits per heavy atom. The maximum absolute atomic E-state index is 12.2. The monoisotopic (exact) mass is 248 g/mol. The topological polar surface area (TPSA) is 34.9 Å². The summed E-state index contributed by atoms with van der Waals surface area (Å²) in [5.41, 5.74) is 1.55. The van der Waals surface area contributed by atoms with Crippen LogP contribution in [-0.4, -0.2) is 15.6 Å². The summed E-state index contributed by atoms with van der Waals surface area (Å²) >= 11 is 5.79. The SMILES string of the molecule is Cc1ccn(C(C)C(=O)c2ccc(Cl)cc2)n1. The van der Waals surface area contributed by atoms with Gasteiger partial charge >= 0.3 is 0 Å². The molecule has 0 fully saturated rings. The van der Waals surface area contributed by atoms with Crippen LogP contribution in [0.1, 0.15) is 29.0 Å². The number of rotatable bonds is 3. The normalized spacial score (nSPS) is 12.4. The Morgan fingerprint density at radius 1 is 1.29 bits per heavy atom. The van der Waals surface area contributed by atoms with Crippen molar-refractivity contribution in [3.05, 3.63) is 52.8 Å². The van der Waals surface area contributed by atoms with Crippen molar-refractivity contribution in [2.75, 3.05) is 0 Å². The van der Waals surface area contributed by atoms with Gasteiger partial charge in [-0.2, -0.15) is 5.10 Å². The lowest BCUT2D eigenvalue weighted by Gasteiger charge is -2.11. The molecule has 0 radical (unpaired) electrons. The van der Waals surface area contributed by atoms with E-state index in [1.54, 1.807) is 28.9 Å². The summed E-state index contributed by atoms with van der Waals surface area (Å²) in [5, 5.41) is 4.87. The molecule has 0 saturated carbocycles. The molecule has 1 aromatic heterocycles. The van der Waals surface area contributed by atoms with Crippen LogP contribution in [0.5, 0.6) is 0 Å². The average Bonchev–Trinajstić information content (AvgIpc) is 2.75. The third kappa shape index (κ3) is 2.56. The summed E-state index contributed by atoms with van der Waals surface area (Å²) in [5.74, 6) is 0.0322. The highest BCUT2D eigenvalue weighted by atomic mass is 35.5. The minimum absolute atomic E-state index is 0.0322. The Hall–Kier alpha value is -1.61. The van der Waals surface area contributed by atoms with E-state index < -0.39 is 0 Å². The molecule has 0 spiro atoms. The number of halogens is 1. The zero-order valence-corrected chi connectivity index (χ0v) is 10.5. The van der Waals surface area contributed by atoms with Gasteiger partial charge in [0.1, 0.15) is 6.04 Å². The fourth-order valence-corrected chi connectivity index (χ4v) is 1.75. The van der Waals surface area contributed by atoms with Crippen molar-refractivity contribution in [2.45, 2.75) is 19.9 Å². The van der Waals surface area contributed by atoms with Crippen LogP contribution in [0.4, 0.5) is 0 Å². The molecule has 4 heteroatoms. The van der Waals surface area contributed by atoms with Gasteiger partial charge in [-0.1, -0.05) is 11.6 Å². The van der Waals surface area contributed by atoms with E-state index in [1.165, 1.54) is 0 Å². The second kappa shape index (κ2) is 4.72. The maximum atomic E-state index is 12.2. The van der Waals surface area contributed by atoms with E-state index in [4.69, 9.17) is 11.6 Å². The molecular formula is C13H13ClN2O. The Kier molecular flexibility index (Phi) is 3.29. The minimum Gasteiger partial charge on any atom is -0.292 e. The van der Waals surface area contributed by atoms with Gasteiger partial charge in [-0.3, -0.25) is 9.48 Å². The summed E-state index contributed by atoms with van der Waals surface area (Å²) in [4.78, 5) is 12.2. The van der Waals surface area contributed by atoms with Crippen molar-refractivity contribution in [2.24, 2.45) is 0 Å². The minimum atomic E-state index is -0.301. The second-order valence-corrected chi connectivity index (χ2v) is 4.42. The predicted molar refractivity (Wildman–Crippen MR) is 67.5 cm³/mol. The van der Waals surface area contributed by atoms with Crippen LogP contribution < -0.4 is 0 Å². The summed E-state index contributed by atoms with van der Waals surface area (Å²) in [6, 6.07) is 8.48. The molecule has 17 heavy (non-hydrogen) atoms. The van der Waals surface area contributed by atoms with Crippen LogP contribution >= 0.6 is 11.6 Å². The van der Waals surface area contributed by atoms with Crippen molar-refractivity contribution >= 4 is 17.4 Å². The Labute approximate surface area is 105 Å². The fraction of sp³-hybridized carbons (Fsp3) is 0.231. The highest BCUT2D eigenvalue weighted by Gasteiger charge is 2.17. The third-order valence-corrected chi connectivity index (χ3v) is 2.90. The van der Waals surface area contributed by atoms with E-state index in [1.807, 2.05) is 26.1 Å². The number of nitrogens with zero attached hydrogens (tertiary/aromatic N) is 2. The van der Waals surface area contributed by atoms with E-state index >= 15 is 0 Å². The largest absolute Gasteiger partial charge is 0.292 e. The Bertz CT molecular complexity index is 531. The van der Waals surface area contributed by atoms with Gasteiger partial charge in [0, 0.05) is 16.8 Å². The van der Waals surface area contributed by atoms with Gasteiger partial charge in [-0.05, 0) is 44.2 Å². The number of hydrogen-bond acceptors (Lipinski definition) is 2. The first kappa shape index (κ1) is 11.9. The molecule has 0 bridgehead atoms. The first-order valence-electron chi connectivity index (χ1n) is 5.39. The number of carbonyl (C=O) groups excluding carboxylic acids is 1. The Balaban J connectivity index is 2.23. The molecule has 0 aliphatic heterocycles. The zero-order chi connectivity index (χ0) is 12.4. The van der Waals surface area contributed by atoms with E-state index in [0.717, 1.165) is 5.69 Å². The van der Waals surface area contributed by atoms with Gasteiger partial charge in [-0.25, -0.2) is 0 Å². The number of benzene rings is 1. The summed E-state index contributed by atoms with van der Waals surface area (Å²) in [6.07, 6.45) is 1.81. The van der Waals surface area contributed by atoms with Gasteiger partial charge in [0.15, 0.2) is 5.78 Å². The fourth-order valence-electron chi connectivity index (χ4n) is 1.62. The number of Topliss-reactive ketones (excluding diaryl/α,β-unsaturated/α-hetero) is 1. The lowest BCUT2D eigenvalue weighted by molar-refractivity contribution is 0.0928. The number of aryl methyl sites for hydroxylation is 1. The third-order valence-electron chi connectivity index (χ3n) is 2.65. The van der Waals surface area contributed by atoms with Crippen LogP contribution in [0.3, 0.4) is 0 Å². The summed E-state index contributed by atoms with van der Waals surface area (Å²) in [7, 11) is 0. The van der Waals surface area contributed by atoms with Crippen LogP contribution in [0, 0.1) is 6.92 Å². The van der Waals surface area contributed by atoms with E-state index in [2.05, 4.69) is 5.10 Å². The molecule has 0 saturated heterocycles. The molecule has 1 heterocycles. The predicted octanol–water partition coefficient (Wildman–Crippen LogP) is 3.29. The Morgan fingerprint density at radius 2 is 1.94 bits per heavy atom. The second-order valence-electron chi connectivity index (χ2n) is 3.98. The summed E-state index contributed by atoms with van der Waals surface area (Å²) in [6.45, 7) is 3.74. The first-order chi connectivity index (χ1) is 8.08. The van der Waals surface area contributed by atoms with Crippen molar-refractivity contribution in [1.29, 1.82) is 0 Å². The van der Waals surface area contributed by atoms with Gasteiger partial charge in [0.05, 0.1) is 5.69 Å². The molecule has 0 aliphatic rings.